The summed E-state index contributed by atoms with van der Waals surface area (Å²) in [6.07, 6.45) is 0. The highest BCUT2D eigenvalue weighted by atomic mass is 32.2. The maximum Gasteiger partial charge on any atom is 0.387 e. The maximum absolute atomic E-state index is 12.7. The number of methoxy groups -OCH3 is 1. The molecule has 2 rings (SSSR count). The van der Waals surface area contributed by atoms with Crippen molar-refractivity contribution in [3.63, 3.8) is 0 Å². The molecule has 11 heteroatoms. The summed E-state index contributed by atoms with van der Waals surface area (Å²) in [6.45, 7) is -3.09. The monoisotopic (exact) mass is 402 g/mol. The Balaban J connectivity index is 2.27. The summed E-state index contributed by atoms with van der Waals surface area (Å²) in [5.74, 6) is 0.0861. The molecule has 0 radical (unpaired) electrons. The van der Waals surface area contributed by atoms with Crippen LogP contribution in [0.1, 0.15) is 5.56 Å². The first-order valence-electron chi connectivity index (χ1n) is 7.47. The summed E-state index contributed by atoms with van der Waals surface area (Å²) in [4.78, 5) is 9.95. The van der Waals surface area contributed by atoms with E-state index >= 15 is 0 Å². The number of nitro benzene ring substituents is 1. The minimum absolute atomic E-state index is 0.0648. The van der Waals surface area contributed by atoms with Crippen molar-refractivity contribution >= 4 is 15.7 Å². The first-order chi connectivity index (χ1) is 12.6. The van der Waals surface area contributed by atoms with E-state index in [0.717, 1.165) is 16.4 Å². The predicted molar refractivity (Wildman–Crippen MR) is 91.4 cm³/mol. The highest BCUT2D eigenvalue weighted by molar-refractivity contribution is 7.89. The number of rotatable bonds is 8. The molecule has 2 aromatic carbocycles. The van der Waals surface area contributed by atoms with E-state index in [2.05, 4.69) is 4.74 Å². The lowest BCUT2D eigenvalue weighted by Gasteiger charge is -2.18. The van der Waals surface area contributed by atoms with Crippen molar-refractivity contribution < 1.29 is 31.6 Å². The molecule has 0 saturated heterocycles. The Bertz CT molecular complexity index is 919. The van der Waals surface area contributed by atoms with Gasteiger partial charge in [-0.1, -0.05) is 12.1 Å². The topological polar surface area (TPSA) is 99.0 Å². The van der Waals surface area contributed by atoms with Crippen molar-refractivity contribution in [1.82, 2.24) is 4.31 Å². The Kier molecular flexibility index (Phi) is 6.28. The molecule has 0 N–H and O–H groups in total. The van der Waals surface area contributed by atoms with Crippen LogP contribution in [0.15, 0.2) is 47.4 Å². The SMILES string of the molecule is COc1ccc(S(=O)(=O)N(C)Cc2ccc(OC(F)F)cc2)c([N+](=O)[O-])c1. The van der Waals surface area contributed by atoms with Crippen molar-refractivity contribution in [2.24, 2.45) is 0 Å². The molecular formula is C16H16F2N2O6S. The number of nitrogens with zero attached hydrogens (tertiary/aromatic N) is 2. The lowest BCUT2D eigenvalue weighted by atomic mass is 10.2. The van der Waals surface area contributed by atoms with Gasteiger partial charge in [0.25, 0.3) is 5.69 Å². The normalized spacial score (nSPS) is 11.6. The Labute approximate surface area is 154 Å². The van der Waals surface area contributed by atoms with Gasteiger partial charge in [-0.25, -0.2) is 8.42 Å². The van der Waals surface area contributed by atoms with Crippen LogP contribution in [0, 0.1) is 10.1 Å². The second kappa shape index (κ2) is 8.27. The average Bonchev–Trinajstić information content (AvgIpc) is 2.62. The smallest absolute Gasteiger partial charge is 0.387 e. The van der Waals surface area contributed by atoms with E-state index in [1.807, 2.05) is 0 Å². The summed E-state index contributed by atoms with van der Waals surface area (Å²) in [5, 5.41) is 11.2. The van der Waals surface area contributed by atoms with Crippen LogP contribution in [0.25, 0.3) is 0 Å². The van der Waals surface area contributed by atoms with E-state index in [1.165, 1.54) is 44.5 Å². The van der Waals surface area contributed by atoms with E-state index in [-0.39, 0.29) is 18.0 Å². The second-order valence-corrected chi connectivity index (χ2v) is 7.39. The molecule has 2 aromatic rings. The third kappa shape index (κ3) is 4.89. The van der Waals surface area contributed by atoms with E-state index in [0.29, 0.717) is 5.56 Å². The number of ether oxygens (including phenoxy) is 2. The summed E-state index contributed by atoms with van der Waals surface area (Å²) in [7, 11) is -1.62. The fourth-order valence-corrected chi connectivity index (χ4v) is 3.56. The van der Waals surface area contributed by atoms with Crippen molar-refractivity contribution in [3.05, 3.63) is 58.1 Å². The van der Waals surface area contributed by atoms with Crippen LogP contribution in [0.4, 0.5) is 14.5 Å². The molecule has 0 aromatic heterocycles. The van der Waals surface area contributed by atoms with Crippen molar-refractivity contribution in [3.8, 4) is 11.5 Å². The van der Waals surface area contributed by atoms with Crippen LogP contribution in [-0.2, 0) is 16.6 Å². The van der Waals surface area contributed by atoms with E-state index in [1.54, 1.807) is 0 Å². The van der Waals surface area contributed by atoms with Crippen LogP contribution < -0.4 is 9.47 Å². The molecule has 0 aliphatic heterocycles. The zero-order chi connectivity index (χ0) is 20.2. The largest absolute Gasteiger partial charge is 0.497 e. The number of hydrogen-bond acceptors (Lipinski definition) is 6. The van der Waals surface area contributed by atoms with Gasteiger partial charge in [0.1, 0.15) is 11.5 Å². The summed E-state index contributed by atoms with van der Waals surface area (Å²) in [6, 6.07) is 8.83. The summed E-state index contributed by atoms with van der Waals surface area (Å²) in [5.41, 5.74) is -0.124. The van der Waals surface area contributed by atoms with E-state index < -0.39 is 32.1 Å². The highest BCUT2D eigenvalue weighted by Gasteiger charge is 2.30. The molecule has 0 spiro atoms. The van der Waals surface area contributed by atoms with E-state index in [9.17, 15) is 27.3 Å². The molecule has 0 atom stereocenters. The average molecular weight is 402 g/mol. The minimum atomic E-state index is -4.18. The van der Waals surface area contributed by atoms with Gasteiger partial charge in [0, 0.05) is 13.6 Å². The maximum atomic E-state index is 12.7. The van der Waals surface area contributed by atoms with Crippen molar-refractivity contribution in [1.29, 1.82) is 0 Å². The number of sulfonamides is 1. The Morgan fingerprint density at radius 3 is 2.26 bits per heavy atom. The van der Waals surface area contributed by atoms with Gasteiger partial charge < -0.3 is 9.47 Å². The number of hydrogen-bond donors (Lipinski definition) is 0. The molecule has 0 amide bonds. The van der Waals surface area contributed by atoms with Crippen LogP contribution in [0.2, 0.25) is 0 Å². The number of nitro groups is 1. The predicted octanol–water partition coefficient (Wildman–Crippen LogP) is 3.03. The fraction of sp³-hybridized carbons (Fsp3) is 0.250. The molecule has 0 bridgehead atoms. The quantitative estimate of drug-likeness (QED) is 0.497. The lowest BCUT2D eigenvalue weighted by Crippen LogP contribution is -2.27. The summed E-state index contributed by atoms with van der Waals surface area (Å²) >= 11 is 0. The second-order valence-electron chi connectivity index (χ2n) is 5.37. The Morgan fingerprint density at radius 1 is 1.15 bits per heavy atom. The first kappa shape index (κ1) is 20.5. The van der Waals surface area contributed by atoms with Gasteiger partial charge >= 0.3 is 6.61 Å². The van der Waals surface area contributed by atoms with Gasteiger partial charge in [-0.2, -0.15) is 13.1 Å². The molecular weight excluding hydrogens is 386 g/mol. The summed E-state index contributed by atoms with van der Waals surface area (Å²) < 4.78 is 59.8. The molecule has 27 heavy (non-hydrogen) atoms. The van der Waals surface area contributed by atoms with Crippen LogP contribution >= 0.6 is 0 Å². The highest BCUT2D eigenvalue weighted by Crippen LogP contribution is 2.30. The Hall–Kier alpha value is -2.79. The minimum Gasteiger partial charge on any atom is -0.497 e. The van der Waals surface area contributed by atoms with Gasteiger partial charge in [0.05, 0.1) is 18.1 Å². The van der Waals surface area contributed by atoms with Crippen LogP contribution in [0.5, 0.6) is 11.5 Å². The van der Waals surface area contributed by atoms with Gasteiger partial charge in [0.2, 0.25) is 10.0 Å². The number of alkyl halides is 2. The molecule has 146 valence electrons. The third-order valence-corrected chi connectivity index (χ3v) is 5.46. The third-order valence-electron chi connectivity index (χ3n) is 3.60. The van der Waals surface area contributed by atoms with Crippen LogP contribution in [-0.4, -0.2) is 38.4 Å². The van der Waals surface area contributed by atoms with E-state index in [4.69, 9.17) is 4.74 Å². The van der Waals surface area contributed by atoms with Crippen molar-refractivity contribution in [2.45, 2.75) is 18.1 Å². The molecule has 0 heterocycles. The standard InChI is InChI=1S/C16H16F2N2O6S/c1-19(10-11-3-5-12(6-4-11)26-16(17)18)27(23,24)15-8-7-13(25-2)9-14(15)20(21)22/h3-9,16H,10H2,1-2H3. The zero-order valence-corrected chi connectivity index (χ0v) is 15.2. The zero-order valence-electron chi connectivity index (χ0n) is 14.3. The molecule has 0 saturated carbocycles. The molecule has 8 nitrogen and oxygen atoms in total. The van der Waals surface area contributed by atoms with Crippen LogP contribution in [0.3, 0.4) is 0 Å². The number of halogens is 2. The van der Waals surface area contributed by atoms with Gasteiger partial charge in [-0.05, 0) is 29.8 Å². The first-order valence-corrected chi connectivity index (χ1v) is 8.91. The molecule has 0 fully saturated rings. The van der Waals surface area contributed by atoms with Gasteiger partial charge in [0.15, 0.2) is 4.90 Å². The van der Waals surface area contributed by atoms with Gasteiger partial charge in [-0.3, -0.25) is 10.1 Å². The Morgan fingerprint density at radius 2 is 1.74 bits per heavy atom. The lowest BCUT2D eigenvalue weighted by molar-refractivity contribution is -0.387. The molecule has 0 aliphatic carbocycles. The van der Waals surface area contributed by atoms with Gasteiger partial charge in [-0.15, -0.1) is 0 Å². The fourth-order valence-electron chi connectivity index (χ4n) is 2.27. The molecule has 0 aliphatic rings. The van der Waals surface area contributed by atoms with Crippen molar-refractivity contribution in [2.75, 3.05) is 14.2 Å². The molecule has 0 unspecified atom stereocenters. The number of benzene rings is 2.